The van der Waals surface area contributed by atoms with E-state index in [1.165, 1.54) is 12.1 Å². The van der Waals surface area contributed by atoms with Crippen molar-refractivity contribution in [1.82, 2.24) is 5.32 Å². The van der Waals surface area contributed by atoms with Gasteiger partial charge in [-0.2, -0.15) is 0 Å². The smallest absolute Gasteiger partial charge is 0.123 e. The van der Waals surface area contributed by atoms with Crippen LogP contribution in [0, 0.1) is 12.7 Å². The fourth-order valence-corrected chi connectivity index (χ4v) is 3.70. The van der Waals surface area contributed by atoms with Crippen molar-refractivity contribution in [3.05, 3.63) is 55.4 Å². The van der Waals surface area contributed by atoms with Crippen molar-refractivity contribution in [3.63, 3.8) is 0 Å². The average Bonchev–Trinajstić information content (AvgIpc) is 2.74. The predicted molar refractivity (Wildman–Crippen MR) is 85.6 cm³/mol. The second-order valence-corrected chi connectivity index (χ2v) is 6.34. The summed E-state index contributed by atoms with van der Waals surface area (Å²) in [5.74, 6) is -0.270. The fourth-order valence-electron chi connectivity index (χ4n) is 2.11. The average molecular weight is 332 g/mol. The molecule has 2 aromatic rings. The zero-order valence-corrected chi connectivity index (χ0v) is 13.7. The molecule has 0 aliphatic heterocycles. The summed E-state index contributed by atoms with van der Waals surface area (Å²) < 4.78 is 13.4. The Balaban J connectivity index is 2.30. The van der Waals surface area contributed by atoms with Gasteiger partial charge in [0.2, 0.25) is 0 Å². The van der Waals surface area contributed by atoms with Gasteiger partial charge in [-0.15, -0.1) is 11.3 Å². The van der Waals surface area contributed by atoms with Gasteiger partial charge in [0.15, 0.2) is 0 Å². The van der Waals surface area contributed by atoms with Gasteiger partial charge in [-0.05, 0) is 54.6 Å². The van der Waals surface area contributed by atoms with Crippen LogP contribution in [0.4, 0.5) is 4.39 Å². The van der Waals surface area contributed by atoms with E-state index in [2.05, 4.69) is 5.32 Å². The number of likely N-dealkylation sites (N-methyl/N-ethyl adjacent to an activating group) is 1. The number of halogens is 3. The minimum Gasteiger partial charge on any atom is -0.309 e. The van der Waals surface area contributed by atoms with Crippen LogP contribution < -0.4 is 5.32 Å². The fraction of sp³-hybridized carbons (Fsp3) is 0.333. The van der Waals surface area contributed by atoms with Crippen LogP contribution in [0.3, 0.4) is 0 Å². The minimum atomic E-state index is -0.270. The van der Waals surface area contributed by atoms with Crippen LogP contribution >= 0.6 is 34.5 Å². The molecule has 1 unspecified atom stereocenters. The van der Waals surface area contributed by atoms with E-state index in [9.17, 15) is 4.39 Å². The Hall–Kier alpha value is -0.610. The third-order valence-electron chi connectivity index (χ3n) is 3.12. The molecule has 0 radical (unpaired) electrons. The lowest BCUT2D eigenvalue weighted by Gasteiger charge is -2.18. The summed E-state index contributed by atoms with van der Waals surface area (Å²) in [6.45, 7) is 4.83. The van der Waals surface area contributed by atoms with E-state index in [1.54, 1.807) is 17.4 Å². The van der Waals surface area contributed by atoms with Gasteiger partial charge in [0.25, 0.3) is 0 Å². The maximum Gasteiger partial charge on any atom is 0.123 e. The van der Waals surface area contributed by atoms with Crippen LogP contribution in [0.25, 0.3) is 0 Å². The lowest BCUT2D eigenvalue weighted by molar-refractivity contribution is 0.554. The quantitative estimate of drug-likeness (QED) is 0.773. The molecule has 1 aromatic heterocycles. The summed E-state index contributed by atoms with van der Waals surface area (Å²) in [6, 6.07) is 4.50. The first-order valence-corrected chi connectivity index (χ1v) is 8.07. The van der Waals surface area contributed by atoms with E-state index in [-0.39, 0.29) is 11.9 Å². The molecule has 0 amide bonds. The molecule has 2 rings (SSSR count). The van der Waals surface area contributed by atoms with Gasteiger partial charge >= 0.3 is 0 Å². The molecule has 1 heterocycles. The number of hydrogen-bond acceptors (Lipinski definition) is 2. The Morgan fingerprint density at radius 1 is 1.35 bits per heavy atom. The molecular formula is C15H16Cl2FNS. The molecule has 0 saturated heterocycles. The van der Waals surface area contributed by atoms with E-state index >= 15 is 0 Å². The zero-order valence-electron chi connectivity index (χ0n) is 11.3. The van der Waals surface area contributed by atoms with Gasteiger partial charge < -0.3 is 5.32 Å². The van der Waals surface area contributed by atoms with Crippen LogP contribution in [0.15, 0.2) is 23.6 Å². The Kier molecular flexibility index (Phi) is 5.44. The number of hydrogen-bond donors (Lipinski definition) is 1. The van der Waals surface area contributed by atoms with E-state index in [0.717, 1.165) is 27.6 Å². The van der Waals surface area contributed by atoms with Crippen molar-refractivity contribution < 1.29 is 4.39 Å². The largest absolute Gasteiger partial charge is 0.309 e. The molecule has 1 N–H and O–H groups in total. The number of aryl methyl sites for hydroxylation is 1. The summed E-state index contributed by atoms with van der Waals surface area (Å²) in [7, 11) is 0. The van der Waals surface area contributed by atoms with Gasteiger partial charge in [0, 0.05) is 15.9 Å². The van der Waals surface area contributed by atoms with Crippen molar-refractivity contribution in [2.24, 2.45) is 0 Å². The van der Waals surface area contributed by atoms with Crippen molar-refractivity contribution >= 4 is 34.5 Å². The van der Waals surface area contributed by atoms with Gasteiger partial charge in [0.05, 0.1) is 5.02 Å². The van der Waals surface area contributed by atoms with E-state index in [1.807, 2.05) is 19.2 Å². The highest BCUT2D eigenvalue weighted by Crippen LogP contribution is 2.35. The second-order valence-electron chi connectivity index (χ2n) is 4.65. The van der Waals surface area contributed by atoms with Crippen LogP contribution in [0.1, 0.15) is 29.0 Å². The summed E-state index contributed by atoms with van der Waals surface area (Å²) in [4.78, 5) is 1.08. The Labute approximate surface area is 132 Å². The summed E-state index contributed by atoms with van der Waals surface area (Å²) >= 11 is 14.1. The highest BCUT2D eigenvalue weighted by atomic mass is 35.5. The first kappa shape index (κ1) is 15.8. The molecule has 0 saturated carbocycles. The van der Waals surface area contributed by atoms with Crippen molar-refractivity contribution in [2.75, 3.05) is 6.54 Å². The topological polar surface area (TPSA) is 12.0 Å². The molecular weight excluding hydrogens is 316 g/mol. The number of nitrogens with one attached hydrogen (secondary N) is 1. The third kappa shape index (κ3) is 3.53. The first-order chi connectivity index (χ1) is 9.52. The molecule has 0 spiro atoms. The highest BCUT2D eigenvalue weighted by molar-refractivity contribution is 7.10. The molecule has 5 heteroatoms. The molecule has 0 aliphatic rings. The molecule has 1 aromatic carbocycles. The van der Waals surface area contributed by atoms with Gasteiger partial charge in [-0.3, -0.25) is 0 Å². The van der Waals surface area contributed by atoms with E-state index < -0.39 is 0 Å². The lowest BCUT2D eigenvalue weighted by Crippen LogP contribution is -2.22. The van der Waals surface area contributed by atoms with Crippen LogP contribution in [0.2, 0.25) is 10.0 Å². The Morgan fingerprint density at radius 3 is 2.70 bits per heavy atom. The molecule has 0 aliphatic carbocycles. The van der Waals surface area contributed by atoms with Gasteiger partial charge in [-0.25, -0.2) is 4.39 Å². The van der Waals surface area contributed by atoms with E-state index in [4.69, 9.17) is 23.2 Å². The maximum absolute atomic E-state index is 13.4. The SMILES string of the molecule is CCNC(Cc1cc(F)ccc1Cl)c1scc(C)c1Cl. The lowest BCUT2D eigenvalue weighted by atomic mass is 10.0. The Bertz CT molecular complexity index is 598. The monoisotopic (exact) mass is 331 g/mol. The van der Waals surface area contributed by atoms with Crippen LogP contribution in [0.5, 0.6) is 0 Å². The second kappa shape index (κ2) is 6.90. The maximum atomic E-state index is 13.4. The Morgan fingerprint density at radius 2 is 2.10 bits per heavy atom. The summed E-state index contributed by atoms with van der Waals surface area (Å²) in [6.07, 6.45) is 0.615. The molecule has 1 nitrogen and oxygen atoms in total. The summed E-state index contributed by atoms with van der Waals surface area (Å²) in [5, 5.41) is 6.80. The number of rotatable bonds is 5. The zero-order chi connectivity index (χ0) is 14.7. The van der Waals surface area contributed by atoms with Gasteiger partial charge in [-0.1, -0.05) is 30.1 Å². The third-order valence-corrected chi connectivity index (χ3v) is 5.32. The molecule has 0 bridgehead atoms. The minimum absolute atomic E-state index is 0.0468. The van der Waals surface area contributed by atoms with E-state index in [0.29, 0.717) is 11.4 Å². The van der Waals surface area contributed by atoms with Crippen LogP contribution in [-0.2, 0) is 6.42 Å². The standard InChI is InChI=1S/C15H16Cl2FNS/c1-3-19-13(15-14(17)9(2)8-20-15)7-10-6-11(18)4-5-12(10)16/h4-6,8,13,19H,3,7H2,1-2H3. The normalized spacial score (nSPS) is 12.7. The molecule has 108 valence electrons. The first-order valence-electron chi connectivity index (χ1n) is 6.43. The highest BCUT2D eigenvalue weighted by Gasteiger charge is 2.19. The van der Waals surface area contributed by atoms with Crippen molar-refractivity contribution in [3.8, 4) is 0 Å². The van der Waals surface area contributed by atoms with Crippen molar-refractivity contribution in [1.29, 1.82) is 0 Å². The predicted octanol–water partition coefficient (Wildman–Crippen LogP) is 5.40. The number of benzene rings is 1. The summed E-state index contributed by atoms with van der Waals surface area (Å²) in [5.41, 5.74) is 1.86. The molecule has 1 atom stereocenters. The molecule has 20 heavy (non-hydrogen) atoms. The van der Waals surface area contributed by atoms with Crippen LogP contribution in [-0.4, -0.2) is 6.54 Å². The van der Waals surface area contributed by atoms with Crippen molar-refractivity contribution in [2.45, 2.75) is 26.3 Å². The number of thiophene rings is 1. The van der Waals surface area contributed by atoms with Gasteiger partial charge in [0.1, 0.15) is 5.82 Å². The molecule has 0 fully saturated rings.